The summed E-state index contributed by atoms with van der Waals surface area (Å²) >= 11 is 0. The second kappa shape index (κ2) is 10.2. The first-order chi connectivity index (χ1) is 14.5. The highest BCUT2D eigenvalue weighted by molar-refractivity contribution is 6.39. The number of nitrogens with one attached hydrogen (secondary N) is 2. The molecule has 0 aliphatic carbocycles. The van der Waals surface area contributed by atoms with Gasteiger partial charge in [-0.05, 0) is 36.9 Å². The van der Waals surface area contributed by atoms with Gasteiger partial charge in [0, 0.05) is 32.7 Å². The largest absolute Gasteiger partial charge is 0.497 e. The molecule has 2 aromatic carbocycles. The number of carbonyl (C=O) groups excluding carboxylic acids is 2. The Morgan fingerprint density at radius 3 is 2.33 bits per heavy atom. The molecule has 30 heavy (non-hydrogen) atoms. The molecule has 8 heteroatoms. The van der Waals surface area contributed by atoms with E-state index in [0.29, 0.717) is 0 Å². The first-order valence-corrected chi connectivity index (χ1v) is 9.88. The number of carbonyl (C=O) groups is 2. The Labute approximate surface area is 175 Å². The Kier molecular flexibility index (Phi) is 7.37. The molecule has 1 fully saturated rings. The SMILES string of the molecule is COc1ccc([C@H](CNC(=O)C(=O)Nc2ccccc2F)N2CCN(C)CC2)cc1. The molecule has 0 bridgehead atoms. The summed E-state index contributed by atoms with van der Waals surface area (Å²) in [5.41, 5.74) is 0.999. The highest BCUT2D eigenvalue weighted by Gasteiger charge is 2.25. The summed E-state index contributed by atoms with van der Waals surface area (Å²) in [5, 5.41) is 5.01. The van der Waals surface area contributed by atoms with Crippen LogP contribution in [-0.4, -0.2) is 68.5 Å². The predicted molar refractivity (Wildman–Crippen MR) is 113 cm³/mol. The monoisotopic (exact) mass is 414 g/mol. The molecule has 0 unspecified atom stereocenters. The lowest BCUT2D eigenvalue weighted by atomic mass is 10.0. The lowest BCUT2D eigenvalue weighted by Crippen LogP contribution is -2.49. The Morgan fingerprint density at radius 1 is 1.03 bits per heavy atom. The molecule has 0 saturated carbocycles. The Balaban J connectivity index is 1.66. The van der Waals surface area contributed by atoms with Crippen molar-refractivity contribution in [3.05, 3.63) is 59.9 Å². The van der Waals surface area contributed by atoms with E-state index in [1.165, 1.54) is 18.2 Å². The molecule has 1 heterocycles. The molecule has 1 saturated heterocycles. The van der Waals surface area contributed by atoms with Crippen molar-refractivity contribution >= 4 is 17.5 Å². The zero-order valence-electron chi connectivity index (χ0n) is 17.2. The minimum atomic E-state index is -0.896. The first-order valence-electron chi connectivity index (χ1n) is 9.88. The third-order valence-electron chi connectivity index (χ3n) is 5.26. The van der Waals surface area contributed by atoms with E-state index in [2.05, 4.69) is 27.5 Å². The molecule has 0 radical (unpaired) electrons. The van der Waals surface area contributed by atoms with E-state index in [4.69, 9.17) is 4.74 Å². The number of anilines is 1. The predicted octanol–water partition coefficient (Wildman–Crippen LogP) is 1.88. The topological polar surface area (TPSA) is 73.9 Å². The summed E-state index contributed by atoms with van der Waals surface area (Å²) in [5.74, 6) is -1.53. The Bertz CT molecular complexity index is 867. The lowest BCUT2D eigenvalue weighted by molar-refractivity contribution is -0.136. The standard InChI is InChI=1S/C22H27FN4O3/c1-26-11-13-27(14-12-26)20(16-7-9-17(30-2)10-8-16)15-24-21(28)22(29)25-19-6-4-3-5-18(19)23/h3-10,20H,11-15H2,1-2H3,(H,24,28)(H,25,29)/t20-/m0/s1. The summed E-state index contributed by atoms with van der Waals surface area (Å²) in [4.78, 5) is 29.1. The van der Waals surface area contributed by atoms with E-state index >= 15 is 0 Å². The third kappa shape index (κ3) is 5.55. The lowest BCUT2D eigenvalue weighted by Gasteiger charge is -2.38. The van der Waals surface area contributed by atoms with Crippen molar-refractivity contribution in [2.75, 3.05) is 52.2 Å². The maximum atomic E-state index is 13.7. The number of para-hydroxylation sites is 1. The Morgan fingerprint density at radius 2 is 1.70 bits per heavy atom. The molecule has 2 aromatic rings. The van der Waals surface area contributed by atoms with Gasteiger partial charge in [0.15, 0.2) is 0 Å². The second-order valence-electron chi connectivity index (χ2n) is 7.27. The van der Waals surface area contributed by atoms with Crippen LogP contribution in [0.4, 0.5) is 10.1 Å². The maximum absolute atomic E-state index is 13.7. The van der Waals surface area contributed by atoms with Gasteiger partial charge < -0.3 is 20.3 Å². The van der Waals surface area contributed by atoms with Crippen molar-refractivity contribution in [3.8, 4) is 5.75 Å². The van der Waals surface area contributed by atoms with Gasteiger partial charge in [0.25, 0.3) is 0 Å². The first kappa shape index (κ1) is 21.7. The molecule has 3 rings (SSSR count). The van der Waals surface area contributed by atoms with Gasteiger partial charge in [0.2, 0.25) is 0 Å². The molecule has 1 aliphatic heterocycles. The fraction of sp³-hybridized carbons (Fsp3) is 0.364. The molecule has 1 aliphatic rings. The van der Waals surface area contributed by atoms with E-state index in [-0.39, 0.29) is 18.3 Å². The van der Waals surface area contributed by atoms with Crippen LogP contribution >= 0.6 is 0 Å². The summed E-state index contributed by atoms with van der Waals surface area (Å²) in [6.45, 7) is 3.82. The fourth-order valence-corrected chi connectivity index (χ4v) is 3.43. The smallest absolute Gasteiger partial charge is 0.313 e. The minimum absolute atomic E-state index is 0.0246. The third-order valence-corrected chi connectivity index (χ3v) is 5.26. The van der Waals surface area contributed by atoms with E-state index in [1.54, 1.807) is 13.2 Å². The van der Waals surface area contributed by atoms with Crippen LogP contribution in [0.5, 0.6) is 5.75 Å². The van der Waals surface area contributed by atoms with Crippen molar-refractivity contribution in [2.24, 2.45) is 0 Å². The molecule has 0 spiro atoms. The van der Waals surface area contributed by atoms with Crippen LogP contribution in [0.25, 0.3) is 0 Å². The Hall–Kier alpha value is -2.97. The molecular formula is C22H27FN4O3. The van der Waals surface area contributed by atoms with E-state index in [0.717, 1.165) is 37.5 Å². The van der Waals surface area contributed by atoms with Crippen molar-refractivity contribution in [2.45, 2.75) is 6.04 Å². The highest BCUT2D eigenvalue weighted by atomic mass is 19.1. The van der Waals surface area contributed by atoms with Crippen LogP contribution in [0.2, 0.25) is 0 Å². The zero-order chi connectivity index (χ0) is 21.5. The number of nitrogens with zero attached hydrogens (tertiary/aromatic N) is 2. The summed E-state index contributed by atoms with van der Waals surface area (Å²) in [7, 11) is 3.69. The van der Waals surface area contributed by atoms with Crippen LogP contribution in [0.15, 0.2) is 48.5 Å². The van der Waals surface area contributed by atoms with Gasteiger partial charge in [-0.15, -0.1) is 0 Å². The second-order valence-corrected chi connectivity index (χ2v) is 7.27. The average Bonchev–Trinajstić information content (AvgIpc) is 2.77. The number of benzene rings is 2. The fourth-order valence-electron chi connectivity index (χ4n) is 3.43. The van der Waals surface area contributed by atoms with Crippen LogP contribution in [0.3, 0.4) is 0 Å². The average molecular weight is 414 g/mol. The molecular weight excluding hydrogens is 387 g/mol. The quantitative estimate of drug-likeness (QED) is 0.706. The van der Waals surface area contributed by atoms with Gasteiger partial charge in [-0.1, -0.05) is 24.3 Å². The number of piperazine rings is 1. The number of hydrogen-bond donors (Lipinski definition) is 2. The van der Waals surface area contributed by atoms with E-state index < -0.39 is 17.6 Å². The molecule has 0 aromatic heterocycles. The molecule has 7 nitrogen and oxygen atoms in total. The van der Waals surface area contributed by atoms with Crippen LogP contribution in [0.1, 0.15) is 11.6 Å². The molecule has 1 atom stereocenters. The van der Waals surface area contributed by atoms with Crippen LogP contribution in [0, 0.1) is 5.82 Å². The van der Waals surface area contributed by atoms with E-state index in [1.807, 2.05) is 24.3 Å². The van der Waals surface area contributed by atoms with Gasteiger partial charge >= 0.3 is 11.8 Å². The van der Waals surface area contributed by atoms with Gasteiger partial charge in [0.05, 0.1) is 18.8 Å². The number of ether oxygens (including phenoxy) is 1. The van der Waals surface area contributed by atoms with Crippen molar-refractivity contribution in [1.82, 2.24) is 15.1 Å². The molecule has 2 amide bonds. The summed E-state index contributed by atoms with van der Waals surface area (Å²) in [6, 6.07) is 13.3. The van der Waals surface area contributed by atoms with Crippen LogP contribution in [-0.2, 0) is 9.59 Å². The normalized spacial score (nSPS) is 16.0. The summed E-state index contributed by atoms with van der Waals surface area (Å²) in [6.07, 6.45) is 0. The minimum Gasteiger partial charge on any atom is -0.497 e. The van der Waals surface area contributed by atoms with Gasteiger partial charge in [-0.3, -0.25) is 14.5 Å². The van der Waals surface area contributed by atoms with Gasteiger partial charge in [-0.25, -0.2) is 4.39 Å². The van der Waals surface area contributed by atoms with Gasteiger partial charge in [0.1, 0.15) is 11.6 Å². The zero-order valence-corrected chi connectivity index (χ0v) is 17.2. The molecule has 160 valence electrons. The van der Waals surface area contributed by atoms with Crippen LogP contribution < -0.4 is 15.4 Å². The number of amides is 2. The highest BCUT2D eigenvalue weighted by Crippen LogP contribution is 2.24. The van der Waals surface area contributed by atoms with Crippen molar-refractivity contribution in [1.29, 1.82) is 0 Å². The number of halogens is 1. The van der Waals surface area contributed by atoms with Crippen molar-refractivity contribution in [3.63, 3.8) is 0 Å². The number of hydrogen-bond acceptors (Lipinski definition) is 5. The van der Waals surface area contributed by atoms with Gasteiger partial charge in [-0.2, -0.15) is 0 Å². The number of likely N-dealkylation sites (N-methyl/N-ethyl adjacent to an activating group) is 1. The number of rotatable bonds is 6. The summed E-state index contributed by atoms with van der Waals surface area (Å²) < 4.78 is 18.9. The number of methoxy groups -OCH3 is 1. The van der Waals surface area contributed by atoms with E-state index in [9.17, 15) is 14.0 Å². The molecule has 2 N–H and O–H groups in total. The van der Waals surface area contributed by atoms with Crippen molar-refractivity contribution < 1.29 is 18.7 Å². The maximum Gasteiger partial charge on any atom is 0.313 e.